The standard InChI is InChI=1S/C9H8F3O.Sn.H/c1-13-6-7-2-4-8(5-3-7)9(10,11)12;;/h2-5H,1,6H2;;. The second kappa shape index (κ2) is 5.02. The van der Waals surface area contributed by atoms with Crippen LogP contribution in [0.2, 0.25) is 0 Å². The maximum absolute atomic E-state index is 12.1. The van der Waals surface area contributed by atoms with E-state index >= 15 is 0 Å². The number of hydrogen-bond acceptors (Lipinski definition) is 1. The van der Waals surface area contributed by atoms with E-state index < -0.39 is 11.7 Å². The van der Waals surface area contributed by atoms with Gasteiger partial charge in [-0.2, -0.15) is 0 Å². The Morgan fingerprint density at radius 1 is 1.14 bits per heavy atom. The van der Waals surface area contributed by atoms with E-state index in [-0.39, 0.29) is 0 Å². The Kier molecular flexibility index (Phi) is 4.25. The molecular formula is C9H9F3OSn. The van der Waals surface area contributed by atoms with Crippen molar-refractivity contribution in [3.05, 3.63) is 35.4 Å². The number of halogens is 3. The van der Waals surface area contributed by atoms with Crippen LogP contribution in [0, 0.1) is 0 Å². The van der Waals surface area contributed by atoms with E-state index in [1.807, 2.05) is 0 Å². The van der Waals surface area contributed by atoms with Crippen molar-refractivity contribution < 1.29 is 17.9 Å². The summed E-state index contributed by atoms with van der Waals surface area (Å²) in [7, 11) is 0. The van der Waals surface area contributed by atoms with Crippen molar-refractivity contribution in [3.63, 3.8) is 0 Å². The SMILES string of the molecule is FC(F)(F)c1ccc(CO[CH2][SnH])cc1. The molecule has 0 N–H and O–H groups in total. The van der Waals surface area contributed by atoms with Gasteiger partial charge >= 0.3 is 93.2 Å². The van der Waals surface area contributed by atoms with E-state index in [2.05, 4.69) is 0 Å². The van der Waals surface area contributed by atoms with Crippen molar-refractivity contribution in [1.82, 2.24) is 0 Å². The third-order valence-corrected chi connectivity index (χ3v) is 2.34. The number of ether oxygens (including phenoxy) is 1. The van der Waals surface area contributed by atoms with Crippen molar-refractivity contribution in [2.45, 2.75) is 12.8 Å². The summed E-state index contributed by atoms with van der Waals surface area (Å²) in [5, 5.41) is 0. The molecule has 1 nitrogen and oxygen atoms in total. The second-order valence-electron chi connectivity index (χ2n) is 2.71. The Bertz CT molecular complexity index is 281. The average Bonchev–Trinajstić information content (AvgIpc) is 2.14. The Morgan fingerprint density at radius 2 is 1.71 bits per heavy atom. The van der Waals surface area contributed by atoms with E-state index in [0.717, 1.165) is 40.2 Å². The number of benzene rings is 1. The molecule has 0 saturated heterocycles. The molecule has 0 heterocycles. The van der Waals surface area contributed by atoms with Gasteiger partial charge in [0.2, 0.25) is 0 Å². The fourth-order valence-corrected chi connectivity index (χ4v) is 1.30. The Labute approximate surface area is 93.3 Å². The molecule has 0 bridgehead atoms. The van der Waals surface area contributed by atoms with Gasteiger partial charge in [-0.05, 0) is 0 Å². The Balaban J connectivity index is 2.69. The van der Waals surface area contributed by atoms with Crippen LogP contribution in [0.4, 0.5) is 13.2 Å². The van der Waals surface area contributed by atoms with Crippen molar-refractivity contribution in [1.29, 1.82) is 0 Å². The van der Waals surface area contributed by atoms with Gasteiger partial charge in [0.25, 0.3) is 0 Å². The maximum atomic E-state index is 12.1. The van der Waals surface area contributed by atoms with Gasteiger partial charge in [-0.15, -0.1) is 0 Å². The van der Waals surface area contributed by atoms with Crippen molar-refractivity contribution in [3.8, 4) is 0 Å². The van der Waals surface area contributed by atoms with Gasteiger partial charge in [-0.25, -0.2) is 0 Å². The molecule has 0 aliphatic carbocycles. The number of hydrogen-bond donors (Lipinski definition) is 0. The fraction of sp³-hybridized carbons (Fsp3) is 0.333. The van der Waals surface area contributed by atoms with Crippen LogP contribution in [0.25, 0.3) is 0 Å². The van der Waals surface area contributed by atoms with Gasteiger partial charge in [0.15, 0.2) is 0 Å². The molecule has 0 amide bonds. The molecule has 1 rings (SSSR count). The van der Waals surface area contributed by atoms with Crippen LogP contribution in [-0.4, -0.2) is 27.1 Å². The molecule has 76 valence electrons. The van der Waals surface area contributed by atoms with E-state index in [9.17, 15) is 13.2 Å². The first-order valence-electron chi connectivity index (χ1n) is 3.98. The Morgan fingerprint density at radius 3 is 2.14 bits per heavy atom. The van der Waals surface area contributed by atoms with Gasteiger partial charge in [0.1, 0.15) is 0 Å². The topological polar surface area (TPSA) is 9.23 Å². The zero-order valence-electron chi connectivity index (χ0n) is 7.34. The molecule has 0 fully saturated rings. The molecule has 14 heavy (non-hydrogen) atoms. The first-order valence-corrected chi connectivity index (χ1v) is 6.31. The van der Waals surface area contributed by atoms with Gasteiger partial charge in [-0.3, -0.25) is 0 Å². The predicted octanol–water partition coefficient (Wildman–Crippen LogP) is 2.08. The van der Waals surface area contributed by atoms with Gasteiger partial charge in [0.05, 0.1) is 0 Å². The zero-order chi connectivity index (χ0) is 10.6. The van der Waals surface area contributed by atoms with Crippen LogP contribution >= 0.6 is 0 Å². The monoisotopic (exact) mass is 310 g/mol. The summed E-state index contributed by atoms with van der Waals surface area (Å²) in [6, 6.07) is 5.04. The summed E-state index contributed by atoms with van der Waals surface area (Å²) < 4.78 is 42.2. The zero-order valence-corrected chi connectivity index (χ0v) is 10.6. The van der Waals surface area contributed by atoms with Crippen LogP contribution in [-0.2, 0) is 17.5 Å². The first kappa shape index (κ1) is 11.8. The third-order valence-electron chi connectivity index (χ3n) is 1.67. The molecular weight excluding hydrogens is 300 g/mol. The van der Waals surface area contributed by atoms with Gasteiger partial charge in [-0.1, -0.05) is 0 Å². The summed E-state index contributed by atoms with van der Waals surface area (Å²) in [5.74, 6) is 0. The van der Waals surface area contributed by atoms with Crippen molar-refractivity contribution in [2.24, 2.45) is 0 Å². The average molecular weight is 309 g/mol. The molecule has 0 saturated carbocycles. The molecule has 0 aliphatic rings. The first-order chi connectivity index (χ1) is 6.54. The quantitative estimate of drug-likeness (QED) is 0.777. The Hall–Kier alpha value is -0.231. The van der Waals surface area contributed by atoms with Crippen LogP contribution < -0.4 is 0 Å². The van der Waals surface area contributed by atoms with Crippen LogP contribution in [0.1, 0.15) is 11.1 Å². The van der Waals surface area contributed by atoms with Crippen LogP contribution in [0.3, 0.4) is 0 Å². The predicted molar refractivity (Wildman–Crippen MR) is 48.2 cm³/mol. The van der Waals surface area contributed by atoms with E-state index in [0.29, 0.717) is 11.2 Å². The normalized spacial score (nSPS) is 11.7. The fourth-order valence-electron chi connectivity index (χ4n) is 0.967. The minimum absolute atomic E-state index is 0.388. The summed E-state index contributed by atoms with van der Waals surface area (Å²) in [6.45, 7) is 0.388. The van der Waals surface area contributed by atoms with Crippen LogP contribution in [0.5, 0.6) is 0 Å². The molecule has 1 aromatic carbocycles. The van der Waals surface area contributed by atoms with Crippen molar-refractivity contribution in [2.75, 3.05) is 4.62 Å². The van der Waals surface area contributed by atoms with E-state index in [4.69, 9.17) is 4.74 Å². The molecule has 0 aliphatic heterocycles. The number of alkyl halides is 3. The van der Waals surface area contributed by atoms with Crippen molar-refractivity contribution >= 4 is 22.5 Å². The molecule has 5 heteroatoms. The second-order valence-corrected chi connectivity index (χ2v) is 3.66. The third kappa shape index (κ3) is 3.49. The summed E-state index contributed by atoms with van der Waals surface area (Å²) in [5.41, 5.74) is 0.152. The summed E-state index contributed by atoms with van der Waals surface area (Å²) in [4.78, 5) is 0. The van der Waals surface area contributed by atoms with E-state index in [1.54, 1.807) is 0 Å². The summed E-state index contributed by atoms with van der Waals surface area (Å²) in [6.07, 6.45) is -4.25. The van der Waals surface area contributed by atoms with Gasteiger partial charge in [0, 0.05) is 0 Å². The van der Waals surface area contributed by atoms with E-state index in [1.165, 1.54) is 12.1 Å². The number of rotatable bonds is 3. The molecule has 0 atom stereocenters. The van der Waals surface area contributed by atoms with Crippen LogP contribution in [0.15, 0.2) is 24.3 Å². The summed E-state index contributed by atoms with van der Waals surface area (Å²) >= 11 is 0.996. The molecule has 2 radical (unpaired) electrons. The molecule has 0 aromatic heterocycles. The molecule has 0 unspecified atom stereocenters. The minimum atomic E-state index is -4.25. The van der Waals surface area contributed by atoms with Gasteiger partial charge < -0.3 is 0 Å². The molecule has 0 spiro atoms. The molecule has 1 aromatic rings.